The van der Waals surface area contributed by atoms with Gasteiger partial charge in [-0.1, -0.05) is 36.3 Å². The van der Waals surface area contributed by atoms with Crippen molar-refractivity contribution in [3.8, 4) is 0 Å². The van der Waals surface area contributed by atoms with Crippen LogP contribution in [0.5, 0.6) is 0 Å². The average Bonchev–Trinajstić information content (AvgIpc) is 3.31. The van der Waals surface area contributed by atoms with Crippen LogP contribution < -0.4 is 5.32 Å². The van der Waals surface area contributed by atoms with Crippen molar-refractivity contribution in [2.24, 2.45) is 0 Å². The summed E-state index contributed by atoms with van der Waals surface area (Å²) in [6, 6.07) is 13.7. The van der Waals surface area contributed by atoms with Crippen molar-refractivity contribution in [2.75, 3.05) is 45.8 Å². The number of rotatable bonds is 13. The Balaban J connectivity index is 1.64. The average molecular weight is 503 g/mol. The molecule has 0 saturated heterocycles. The van der Waals surface area contributed by atoms with E-state index in [1.165, 1.54) is 48.4 Å². The van der Waals surface area contributed by atoms with Crippen LogP contribution in [0.2, 0.25) is 0 Å². The first kappa shape index (κ1) is 26.5. The van der Waals surface area contributed by atoms with Crippen molar-refractivity contribution < 1.29 is 27.1 Å². The number of carbonyl (C=O) groups is 1. The normalized spacial score (nSPS) is 11.7. The number of aromatic nitrogens is 2. The van der Waals surface area contributed by atoms with Crippen LogP contribution in [0.25, 0.3) is 0 Å². The van der Waals surface area contributed by atoms with Crippen LogP contribution in [0.4, 0.5) is 6.01 Å². The van der Waals surface area contributed by atoms with Gasteiger partial charge in [0.25, 0.3) is 5.91 Å². The molecule has 0 atom stereocenters. The molecule has 1 heterocycles. The smallest absolute Gasteiger partial charge is 0.322 e. The summed E-state index contributed by atoms with van der Waals surface area (Å²) in [5.74, 6) is -0.120. The zero-order valence-corrected chi connectivity index (χ0v) is 20.9. The van der Waals surface area contributed by atoms with E-state index in [2.05, 4.69) is 22.4 Å². The van der Waals surface area contributed by atoms with E-state index < -0.39 is 15.9 Å². The van der Waals surface area contributed by atoms with Crippen LogP contribution in [0.1, 0.15) is 34.3 Å². The quantitative estimate of drug-likeness (QED) is 0.378. The Labute approximate surface area is 205 Å². The predicted molar refractivity (Wildman–Crippen MR) is 130 cm³/mol. The van der Waals surface area contributed by atoms with E-state index in [0.717, 1.165) is 12.0 Å². The van der Waals surface area contributed by atoms with Gasteiger partial charge in [0.1, 0.15) is 0 Å². The second-order valence-corrected chi connectivity index (χ2v) is 9.65. The number of sulfonamides is 1. The molecule has 0 unspecified atom stereocenters. The first-order valence-corrected chi connectivity index (χ1v) is 12.6. The summed E-state index contributed by atoms with van der Waals surface area (Å²) in [5.41, 5.74) is 2.51. The Morgan fingerprint density at radius 1 is 0.943 bits per heavy atom. The lowest BCUT2D eigenvalue weighted by Crippen LogP contribution is -2.36. The highest BCUT2D eigenvalue weighted by Gasteiger charge is 2.24. The summed E-state index contributed by atoms with van der Waals surface area (Å²) in [5, 5.41) is 10.4. The molecule has 10 nitrogen and oxygen atoms in total. The molecule has 1 amide bonds. The summed E-state index contributed by atoms with van der Waals surface area (Å²) < 4.78 is 42.8. The van der Waals surface area contributed by atoms with Crippen LogP contribution in [-0.4, -0.2) is 69.4 Å². The summed E-state index contributed by atoms with van der Waals surface area (Å²) >= 11 is 0. The molecule has 0 aliphatic heterocycles. The second kappa shape index (κ2) is 12.5. The third kappa shape index (κ3) is 7.18. The number of benzene rings is 2. The number of hydrogen-bond acceptors (Lipinski definition) is 8. The molecule has 188 valence electrons. The SMILES string of the molecule is CCc1ccc(Cc2nnc(NC(=O)c3ccc(S(=O)(=O)N(CCOC)CCOC)cc3)o2)cc1. The lowest BCUT2D eigenvalue weighted by Gasteiger charge is -2.21. The zero-order chi connectivity index (χ0) is 25.3. The molecule has 0 aliphatic carbocycles. The highest BCUT2D eigenvalue weighted by molar-refractivity contribution is 7.89. The summed E-state index contributed by atoms with van der Waals surface area (Å²) in [6.45, 7) is 2.97. The minimum absolute atomic E-state index is 0.0304. The minimum Gasteiger partial charge on any atom is -0.407 e. The largest absolute Gasteiger partial charge is 0.407 e. The Kier molecular flexibility index (Phi) is 9.49. The van der Waals surface area contributed by atoms with Crippen molar-refractivity contribution in [3.05, 3.63) is 71.1 Å². The molecule has 0 bridgehead atoms. The molecular formula is C24H30N4O6S. The number of carbonyl (C=O) groups excluding carboxylic acids is 1. The van der Waals surface area contributed by atoms with Crippen molar-refractivity contribution in [2.45, 2.75) is 24.7 Å². The van der Waals surface area contributed by atoms with Crippen LogP contribution in [0.3, 0.4) is 0 Å². The van der Waals surface area contributed by atoms with Crippen LogP contribution in [0, 0.1) is 0 Å². The van der Waals surface area contributed by atoms with E-state index in [1.54, 1.807) is 0 Å². The number of ether oxygens (including phenoxy) is 2. The first-order chi connectivity index (χ1) is 16.9. The Morgan fingerprint density at radius 3 is 2.11 bits per heavy atom. The third-order valence-corrected chi connectivity index (χ3v) is 7.23. The lowest BCUT2D eigenvalue weighted by molar-refractivity contribution is 0.102. The maximum absolute atomic E-state index is 13.0. The number of anilines is 1. The number of nitrogens with zero attached hydrogens (tertiary/aromatic N) is 3. The second-order valence-electron chi connectivity index (χ2n) is 7.72. The summed E-state index contributed by atoms with van der Waals surface area (Å²) in [6.07, 6.45) is 1.41. The van der Waals surface area contributed by atoms with E-state index in [4.69, 9.17) is 13.9 Å². The highest BCUT2D eigenvalue weighted by atomic mass is 32.2. The fraction of sp³-hybridized carbons (Fsp3) is 0.375. The topological polar surface area (TPSA) is 124 Å². The van der Waals surface area contributed by atoms with Gasteiger partial charge in [0.2, 0.25) is 15.9 Å². The van der Waals surface area contributed by atoms with Crippen molar-refractivity contribution in [1.82, 2.24) is 14.5 Å². The Bertz CT molecular complexity index is 1190. The van der Waals surface area contributed by atoms with Gasteiger partial charge in [0.05, 0.1) is 24.5 Å². The molecule has 2 aromatic carbocycles. The number of hydrogen-bond donors (Lipinski definition) is 1. The third-order valence-electron chi connectivity index (χ3n) is 5.32. The van der Waals surface area contributed by atoms with Crippen LogP contribution in [-0.2, 0) is 32.3 Å². The van der Waals surface area contributed by atoms with Crippen LogP contribution >= 0.6 is 0 Å². The van der Waals surface area contributed by atoms with Crippen molar-refractivity contribution in [1.29, 1.82) is 0 Å². The minimum atomic E-state index is -3.78. The fourth-order valence-electron chi connectivity index (χ4n) is 3.28. The molecule has 0 radical (unpaired) electrons. The Hall–Kier alpha value is -3.12. The number of aryl methyl sites for hydroxylation is 1. The van der Waals surface area contributed by atoms with Gasteiger partial charge in [-0.2, -0.15) is 4.31 Å². The first-order valence-electron chi connectivity index (χ1n) is 11.2. The highest BCUT2D eigenvalue weighted by Crippen LogP contribution is 2.18. The van der Waals surface area contributed by atoms with Gasteiger partial charge in [0, 0.05) is 32.9 Å². The molecular weight excluding hydrogens is 472 g/mol. The summed E-state index contributed by atoms with van der Waals surface area (Å²) in [4.78, 5) is 12.7. The van der Waals surface area contributed by atoms with Gasteiger partial charge in [-0.25, -0.2) is 8.42 Å². The fourth-order valence-corrected chi connectivity index (χ4v) is 4.69. The molecule has 3 aromatic rings. The molecule has 11 heteroatoms. The van der Waals surface area contributed by atoms with Gasteiger partial charge >= 0.3 is 6.01 Å². The van der Waals surface area contributed by atoms with E-state index >= 15 is 0 Å². The van der Waals surface area contributed by atoms with Gasteiger partial charge < -0.3 is 13.9 Å². The predicted octanol–water partition coefficient (Wildman–Crippen LogP) is 2.76. The monoisotopic (exact) mass is 502 g/mol. The van der Waals surface area contributed by atoms with Gasteiger partial charge in [-0.05, 0) is 41.8 Å². The van der Waals surface area contributed by atoms with E-state index in [0.29, 0.717) is 12.3 Å². The van der Waals surface area contributed by atoms with E-state index in [-0.39, 0.29) is 42.8 Å². The standard InChI is InChI=1S/C24H30N4O6S/c1-4-18-5-7-19(8-6-18)17-22-26-27-24(34-22)25-23(29)20-9-11-21(12-10-20)35(30,31)28(13-15-32-2)14-16-33-3/h5-12H,4,13-17H2,1-3H3,(H,25,27,29). The molecule has 0 saturated carbocycles. The lowest BCUT2D eigenvalue weighted by atomic mass is 10.1. The van der Waals surface area contributed by atoms with E-state index in [1.807, 2.05) is 24.3 Å². The molecule has 35 heavy (non-hydrogen) atoms. The maximum Gasteiger partial charge on any atom is 0.322 e. The number of amides is 1. The molecule has 0 fully saturated rings. The van der Waals surface area contributed by atoms with Crippen molar-refractivity contribution in [3.63, 3.8) is 0 Å². The van der Waals surface area contributed by atoms with Gasteiger partial charge in [-0.15, -0.1) is 5.10 Å². The summed E-state index contributed by atoms with van der Waals surface area (Å²) in [7, 11) is -0.768. The van der Waals surface area contributed by atoms with Crippen molar-refractivity contribution >= 4 is 21.9 Å². The van der Waals surface area contributed by atoms with E-state index in [9.17, 15) is 13.2 Å². The van der Waals surface area contributed by atoms with Crippen LogP contribution in [0.15, 0.2) is 57.8 Å². The van der Waals surface area contributed by atoms with Gasteiger partial charge in [-0.3, -0.25) is 10.1 Å². The number of nitrogens with one attached hydrogen (secondary N) is 1. The molecule has 0 aliphatic rings. The Morgan fingerprint density at radius 2 is 1.54 bits per heavy atom. The zero-order valence-electron chi connectivity index (χ0n) is 20.1. The maximum atomic E-state index is 13.0. The van der Waals surface area contributed by atoms with Gasteiger partial charge in [0.15, 0.2) is 0 Å². The molecule has 1 aromatic heterocycles. The number of methoxy groups -OCH3 is 2. The molecule has 1 N–H and O–H groups in total. The molecule has 3 rings (SSSR count). The molecule has 0 spiro atoms.